The molecule has 0 spiro atoms. The van der Waals surface area contributed by atoms with E-state index in [0.29, 0.717) is 12.4 Å². The predicted octanol–water partition coefficient (Wildman–Crippen LogP) is 2.75. The number of rotatable bonds is 6. The average molecular weight is 311 g/mol. The van der Waals surface area contributed by atoms with Gasteiger partial charge in [0, 0.05) is 11.9 Å². The number of methoxy groups -OCH3 is 1. The summed E-state index contributed by atoms with van der Waals surface area (Å²) in [6.45, 7) is 0.476. The second-order valence-electron chi connectivity index (χ2n) is 4.17. The molecule has 0 aliphatic carbocycles. The van der Waals surface area contributed by atoms with Gasteiger partial charge >= 0.3 is 0 Å². The lowest BCUT2D eigenvalue weighted by atomic mass is 10.2. The zero-order valence-electron chi connectivity index (χ0n) is 11.1. The van der Waals surface area contributed by atoms with E-state index in [0.717, 1.165) is 22.0 Å². The number of aromatic nitrogens is 1. The molecule has 0 bridgehead atoms. The number of ether oxygens (including phenoxy) is 1. The van der Waals surface area contributed by atoms with Crippen molar-refractivity contribution in [3.63, 3.8) is 0 Å². The van der Waals surface area contributed by atoms with E-state index in [4.69, 9.17) is 16.3 Å². The summed E-state index contributed by atoms with van der Waals surface area (Å²) in [5.41, 5.74) is 1.81. The van der Waals surface area contributed by atoms with Gasteiger partial charge in [0.25, 0.3) is 0 Å². The minimum Gasteiger partial charge on any atom is -0.497 e. The Labute approximate surface area is 126 Å². The van der Waals surface area contributed by atoms with E-state index in [1.807, 2.05) is 29.6 Å². The Morgan fingerprint density at radius 3 is 3.05 bits per heavy atom. The first-order valence-corrected chi connectivity index (χ1v) is 7.51. The zero-order valence-corrected chi connectivity index (χ0v) is 12.6. The highest BCUT2D eigenvalue weighted by Crippen LogP contribution is 2.13. The fourth-order valence-electron chi connectivity index (χ4n) is 1.67. The van der Waals surface area contributed by atoms with E-state index >= 15 is 0 Å². The Morgan fingerprint density at radius 1 is 1.50 bits per heavy atom. The van der Waals surface area contributed by atoms with Gasteiger partial charge in [0.2, 0.25) is 5.91 Å². The van der Waals surface area contributed by atoms with Gasteiger partial charge in [-0.15, -0.1) is 22.9 Å². The van der Waals surface area contributed by atoms with Gasteiger partial charge in [-0.25, -0.2) is 4.98 Å². The molecular formula is C14H15ClN2O2S. The van der Waals surface area contributed by atoms with Crippen LogP contribution in [0.25, 0.3) is 0 Å². The summed E-state index contributed by atoms with van der Waals surface area (Å²) in [4.78, 5) is 16.1. The van der Waals surface area contributed by atoms with Crippen LogP contribution in [0.5, 0.6) is 5.75 Å². The summed E-state index contributed by atoms with van der Waals surface area (Å²) in [6.07, 6.45) is 0.283. The Balaban J connectivity index is 1.85. The summed E-state index contributed by atoms with van der Waals surface area (Å²) >= 11 is 7.13. The lowest BCUT2D eigenvalue weighted by molar-refractivity contribution is -0.120. The molecule has 0 unspecified atom stereocenters. The number of halogens is 1. The molecule has 106 valence electrons. The molecule has 0 aliphatic heterocycles. The summed E-state index contributed by atoms with van der Waals surface area (Å²) in [5, 5.41) is 5.52. The standard InChI is InChI=1S/C14H15ClN2O2S/c1-19-12-4-2-3-10(5-12)8-16-13(18)6-14-17-11(7-15)9-20-14/h2-5,9H,6-8H2,1H3,(H,16,18). The first-order valence-electron chi connectivity index (χ1n) is 6.10. The van der Waals surface area contributed by atoms with Gasteiger partial charge in [-0.1, -0.05) is 12.1 Å². The normalized spacial score (nSPS) is 10.3. The van der Waals surface area contributed by atoms with Crippen LogP contribution in [-0.2, 0) is 23.6 Å². The maximum atomic E-state index is 11.8. The lowest BCUT2D eigenvalue weighted by Crippen LogP contribution is -2.24. The molecule has 4 nitrogen and oxygen atoms in total. The van der Waals surface area contributed by atoms with E-state index in [1.54, 1.807) is 7.11 Å². The number of nitrogens with zero attached hydrogens (tertiary/aromatic N) is 1. The van der Waals surface area contributed by atoms with Crippen LogP contribution < -0.4 is 10.1 Å². The van der Waals surface area contributed by atoms with E-state index in [9.17, 15) is 4.79 Å². The molecule has 2 aromatic rings. The van der Waals surface area contributed by atoms with Crippen LogP contribution in [0.1, 0.15) is 16.3 Å². The summed E-state index contributed by atoms with van der Waals surface area (Å²) < 4.78 is 5.14. The topological polar surface area (TPSA) is 51.2 Å². The third kappa shape index (κ3) is 4.21. The van der Waals surface area contributed by atoms with Crippen LogP contribution in [0.4, 0.5) is 0 Å². The summed E-state index contributed by atoms with van der Waals surface area (Å²) in [6, 6.07) is 7.61. The van der Waals surface area contributed by atoms with Crippen molar-refractivity contribution in [2.45, 2.75) is 18.8 Å². The number of thiazole rings is 1. The monoisotopic (exact) mass is 310 g/mol. The highest BCUT2D eigenvalue weighted by Gasteiger charge is 2.07. The van der Waals surface area contributed by atoms with Gasteiger partial charge in [-0.05, 0) is 17.7 Å². The fraction of sp³-hybridized carbons (Fsp3) is 0.286. The minimum absolute atomic E-state index is 0.0525. The number of hydrogen-bond acceptors (Lipinski definition) is 4. The molecule has 1 aromatic carbocycles. The average Bonchev–Trinajstić information content (AvgIpc) is 2.93. The Bertz CT molecular complexity index is 586. The summed E-state index contributed by atoms with van der Waals surface area (Å²) in [5.74, 6) is 1.11. The predicted molar refractivity (Wildman–Crippen MR) is 80.2 cm³/mol. The van der Waals surface area contributed by atoms with Crippen LogP contribution in [0, 0.1) is 0 Å². The van der Waals surface area contributed by atoms with Crippen molar-refractivity contribution in [1.29, 1.82) is 0 Å². The molecule has 1 N–H and O–H groups in total. The van der Waals surface area contributed by atoms with Gasteiger partial charge in [0.15, 0.2) is 0 Å². The fourth-order valence-corrected chi connectivity index (χ4v) is 2.70. The summed E-state index contributed by atoms with van der Waals surface area (Å²) in [7, 11) is 1.62. The van der Waals surface area contributed by atoms with Crippen molar-refractivity contribution in [3.05, 3.63) is 45.9 Å². The first kappa shape index (κ1) is 14.8. The Hall–Kier alpha value is -1.59. The van der Waals surface area contributed by atoms with E-state index in [-0.39, 0.29) is 12.3 Å². The van der Waals surface area contributed by atoms with E-state index in [2.05, 4.69) is 10.3 Å². The van der Waals surface area contributed by atoms with Gasteiger partial charge < -0.3 is 10.1 Å². The number of nitrogens with one attached hydrogen (secondary N) is 1. The molecule has 0 aliphatic rings. The van der Waals surface area contributed by atoms with Crippen LogP contribution in [0.3, 0.4) is 0 Å². The van der Waals surface area contributed by atoms with Gasteiger partial charge in [0.1, 0.15) is 10.8 Å². The SMILES string of the molecule is COc1cccc(CNC(=O)Cc2nc(CCl)cs2)c1. The van der Waals surface area contributed by atoms with E-state index in [1.165, 1.54) is 11.3 Å². The van der Waals surface area contributed by atoms with Gasteiger partial charge in [-0.3, -0.25) is 4.79 Å². The van der Waals surface area contributed by atoms with E-state index < -0.39 is 0 Å². The van der Waals surface area contributed by atoms with Crippen LogP contribution >= 0.6 is 22.9 Å². The number of carbonyl (C=O) groups excluding carboxylic acids is 1. The van der Waals surface area contributed by atoms with Crippen molar-refractivity contribution < 1.29 is 9.53 Å². The van der Waals surface area contributed by atoms with Crippen LogP contribution in [0.15, 0.2) is 29.6 Å². The molecule has 6 heteroatoms. The molecule has 0 saturated heterocycles. The van der Waals surface area contributed by atoms with Crippen molar-refractivity contribution in [3.8, 4) is 5.75 Å². The molecule has 1 heterocycles. The molecule has 1 amide bonds. The second kappa shape index (κ2) is 7.26. The van der Waals surface area contributed by atoms with Gasteiger partial charge in [0.05, 0.1) is 25.1 Å². The highest BCUT2D eigenvalue weighted by atomic mass is 35.5. The molecule has 0 fully saturated rings. The Morgan fingerprint density at radius 2 is 2.35 bits per heavy atom. The van der Waals surface area contributed by atoms with Crippen LogP contribution in [-0.4, -0.2) is 18.0 Å². The highest BCUT2D eigenvalue weighted by molar-refractivity contribution is 7.09. The number of alkyl halides is 1. The molecule has 0 saturated carbocycles. The molecule has 0 atom stereocenters. The maximum absolute atomic E-state index is 11.8. The minimum atomic E-state index is -0.0525. The Kier molecular flexibility index (Phi) is 5.38. The maximum Gasteiger partial charge on any atom is 0.227 e. The van der Waals surface area contributed by atoms with Crippen LogP contribution in [0.2, 0.25) is 0 Å². The number of hydrogen-bond donors (Lipinski definition) is 1. The van der Waals surface area contributed by atoms with Crippen molar-refractivity contribution in [2.24, 2.45) is 0 Å². The third-order valence-electron chi connectivity index (χ3n) is 2.67. The molecule has 1 aromatic heterocycles. The number of carbonyl (C=O) groups is 1. The lowest BCUT2D eigenvalue weighted by Gasteiger charge is -2.06. The molecule has 20 heavy (non-hydrogen) atoms. The number of amides is 1. The van der Waals surface area contributed by atoms with Crippen molar-refractivity contribution in [2.75, 3.05) is 7.11 Å². The molecule has 2 rings (SSSR count). The number of benzene rings is 1. The molecular weight excluding hydrogens is 296 g/mol. The second-order valence-corrected chi connectivity index (χ2v) is 5.38. The quantitative estimate of drug-likeness (QED) is 0.835. The third-order valence-corrected chi connectivity index (χ3v) is 3.84. The molecule has 0 radical (unpaired) electrons. The van der Waals surface area contributed by atoms with Crippen molar-refractivity contribution >= 4 is 28.8 Å². The largest absolute Gasteiger partial charge is 0.497 e. The van der Waals surface area contributed by atoms with Gasteiger partial charge in [-0.2, -0.15) is 0 Å². The smallest absolute Gasteiger partial charge is 0.227 e. The first-order chi connectivity index (χ1) is 9.71. The zero-order chi connectivity index (χ0) is 14.4. The van der Waals surface area contributed by atoms with Crippen molar-refractivity contribution in [1.82, 2.24) is 10.3 Å².